The Bertz CT molecular complexity index is 547. The summed E-state index contributed by atoms with van der Waals surface area (Å²) < 4.78 is 6.62. The van der Waals surface area contributed by atoms with Crippen LogP contribution in [0, 0.1) is 0 Å². The van der Waals surface area contributed by atoms with Crippen LogP contribution >= 0.6 is 0 Å². The number of nitrogens with two attached hydrogens (primary N) is 1. The first-order valence-corrected chi connectivity index (χ1v) is 5.36. The average molecular weight is 234 g/mol. The second kappa shape index (κ2) is 4.50. The SMILES string of the molecule is CC(C)OC(=O)c1ccc2nc(CN)nn2c1. The van der Waals surface area contributed by atoms with Crippen molar-refractivity contribution < 1.29 is 9.53 Å². The molecule has 0 amide bonds. The molecule has 6 nitrogen and oxygen atoms in total. The highest BCUT2D eigenvalue weighted by molar-refractivity contribution is 5.89. The van der Waals surface area contributed by atoms with Crippen molar-refractivity contribution in [1.82, 2.24) is 14.6 Å². The maximum atomic E-state index is 11.7. The molecule has 0 aliphatic carbocycles. The maximum absolute atomic E-state index is 11.7. The highest BCUT2D eigenvalue weighted by Gasteiger charge is 2.11. The number of rotatable bonds is 3. The number of fused-ring (bicyclic) bond motifs is 1. The van der Waals surface area contributed by atoms with Crippen molar-refractivity contribution in [2.24, 2.45) is 5.73 Å². The standard InChI is InChI=1S/C11H14N4O2/c1-7(2)17-11(16)8-3-4-10-13-9(5-12)14-15(10)6-8/h3-4,6-7H,5,12H2,1-2H3. The van der Waals surface area contributed by atoms with Gasteiger partial charge in [-0.05, 0) is 26.0 Å². The summed E-state index contributed by atoms with van der Waals surface area (Å²) in [6.45, 7) is 3.88. The van der Waals surface area contributed by atoms with Crippen molar-refractivity contribution >= 4 is 11.6 Å². The van der Waals surface area contributed by atoms with Gasteiger partial charge in [0.25, 0.3) is 0 Å². The van der Waals surface area contributed by atoms with E-state index in [1.54, 1.807) is 32.2 Å². The first-order valence-electron chi connectivity index (χ1n) is 5.36. The van der Waals surface area contributed by atoms with E-state index in [0.717, 1.165) is 0 Å². The number of pyridine rings is 1. The van der Waals surface area contributed by atoms with Gasteiger partial charge in [0.15, 0.2) is 11.5 Å². The molecule has 2 N–H and O–H groups in total. The highest BCUT2D eigenvalue weighted by Crippen LogP contribution is 2.07. The Balaban J connectivity index is 2.33. The summed E-state index contributed by atoms with van der Waals surface area (Å²) in [4.78, 5) is 15.8. The minimum Gasteiger partial charge on any atom is -0.459 e. The molecule has 0 unspecified atom stereocenters. The molecular formula is C11H14N4O2. The lowest BCUT2D eigenvalue weighted by molar-refractivity contribution is 0.0377. The summed E-state index contributed by atoms with van der Waals surface area (Å²) >= 11 is 0. The third kappa shape index (κ3) is 2.42. The lowest BCUT2D eigenvalue weighted by Gasteiger charge is -2.07. The lowest BCUT2D eigenvalue weighted by atomic mass is 10.3. The number of aromatic nitrogens is 3. The van der Waals surface area contributed by atoms with Crippen molar-refractivity contribution in [2.45, 2.75) is 26.5 Å². The highest BCUT2D eigenvalue weighted by atomic mass is 16.5. The molecule has 0 saturated heterocycles. The minimum atomic E-state index is -0.369. The molecule has 0 spiro atoms. The van der Waals surface area contributed by atoms with E-state index in [-0.39, 0.29) is 18.6 Å². The Kier molecular flexibility index (Phi) is 3.06. The third-order valence-electron chi connectivity index (χ3n) is 2.14. The fourth-order valence-electron chi connectivity index (χ4n) is 1.42. The first-order chi connectivity index (χ1) is 8.10. The zero-order chi connectivity index (χ0) is 12.4. The van der Waals surface area contributed by atoms with E-state index in [1.165, 1.54) is 4.52 Å². The maximum Gasteiger partial charge on any atom is 0.339 e. The van der Waals surface area contributed by atoms with E-state index in [4.69, 9.17) is 10.5 Å². The van der Waals surface area contributed by atoms with E-state index >= 15 is 0 Å². The lowest BCUT2D eigenvalue weighted by Crippen LogP contribution is -2.12. The molecule has 0 radical (unpaired) electrons. The summed E-state index contributed by atoms with van der Waals surface area (Å²) in [5, 5.41) is 4.13. The largest absolute Gasteiger partial charge is 0.459 e. The van der Waals surface area contributed by atoms with Gasteiger partial charge in [0.2, 0.25) is 0 Å². The zero-order valence-corrected chi connectivity index (χ0v) is 9.75. The fraction of sp³-hybridized carbons (Fsp3) is 0.364. The normalized spacial score (nSPS) is 11.1. The summed E-state index contributed by atoms with van der Waals surface area (Å²) in [6, 6.07) is 3.37. The number of carbonyl (C=O) groups excluding carboxylic acids is 1. The molecule has 0 aliphatic rings. The van der Waals surface area contributed by atoms with Gasteiger partial charge in [-0.15, -0.1) is 5.10 Å². The summed E-state index contributed by atoms with van der Waals surface area (Å²) in [7, 11) is 0. The van der Waals surface area contributed by atoms with E-state index < -0.39 is 0 Å². The monoisotopic (exact) mass is 234 g/mol. The Morgan fingerprint density at radius 2 is 2.29 bits per heavy atom. The molecular weight excluding hydrogens is 220 g/mol. The van der Waals surface area contributed by atoms with Crippen molar-refractivity contribution in [1.29, 1.82) is 0 Å². The molecule has 6 heteroatoms. The van der Waals surface area contributed by atoms with Gasteiger partial charge in [-0.25, -0.2) is 14.3 Å². The summed E-state index contributed by atoms with van der Waals surface area (Å²) in [6.07, 6.45) is 1.44. The number of carbonyl (C=O) groups is 1. The summed E-state index contributed by atoms with van der Waals surface area (Å²) in [5.74, 6) is 0.172. The van der Waals surface area contributed by atoms with Gasteiger partial charge < -0.3 is 10.5 Å². The molecule has 0 aromatic carbocycles. The Labute approximate surface area is 98.4 Å². The van der Waals surface area contributed by atoms with Crippen LogP contribution in [0.5, 0.6) is 0 Å². The Hall–Kier alpha value is -1.95. The van der Waals surface area contributed by atoms with Crippen LogP contribution in [-0.2, 0) is 11.3 Å². The van der Waals surface area contributed by atoms with Gasteiger partial charge in [-0.2, -0.15) is 0 Å². The van der Waals surface area contributed by atoms with E-state index in [2.05, 4.69) is 10.1 Å². The number of nitrogens with zero attached hydrogens (tertiary/aromatic N) is 3. The van der Waals surface area contributed by atoms with Crippen LogP contribution in [0.1, 0.15) is 30.0 Å². The number of ether oxygens (including phenoxy) is 1. The van der Waals surface area contributed by atoms with Gasteiger partial charge >= 0.3 is 5.97 Å². The fourth-order valence-corrected chi connectivity index (χ4v) is 1.42. The molecule has 2 rings (SSSR count). The second-order valence-corrected chi connectivity index (χ2v) is 3.91. The second-order valence-electron chi connectivity index (χ2n) is 3.91. The molecule has 2 aromatic rings. The smallest absolute Gasteiger partial charge is 0.339 e. The predicted molar refractivity (Wildman–Crippen MR) is 61.4 cm³/mol. The first kappa shape index (κ1) is 11.5. The Morgan fingerprint density at radius 1 is 1.53 bits per heavy atom. The van der Waals surface area contributed by atoms with Gasteiger partial charge in [0, 0.05) is 6.20 Å². The zero-order valence-electron chi connectivity index (χ0n) is 9.75. The van der Waals surface area contributed by atoms with Crippen LogP contribution in [0.25, 0.3) is 5.65 Å². The predicted octanol–water partition coefficient (Wildman–Crippen LogP) is 0.753. The molecule has 0 atom stereocenters. The molecule has 2 aromatic heterocycles. The molecule has 17 heavy (non-hydrogen) atoms. The van der Waals surface area contributed by atoms with E-state index in [9.17, 15) is 4.79 Å². The van der Waals surface area contributed by atoms with Crippen molar-refractivity contribution in [3.05, 3.63) is 29.7 Å². The van der Waals surface area contributed by atoms with Crippen LogP contribution < -0.4 is 5.73 Å². The Morgan fingerprint density at radius 3 is 2.94 bits per heavy atom. The molecule has 90 valence electrons. The van der Waals surface area contributed by atoms with E-state index in [1.807, 2.05) is 0 Å². The topological polar surface area (TPSA) is 82.5 Å². The van der Waals surface area contributed by atoms with Crippen LogP contribution in [-0.4, -0.2) is 26.7 Å². The molecule has 2 heterocycles. The van der Waals surface area contributed by atoms with Gasteiger partial charge in [-0.3, -0.25) is 0 Å². The number of hydrogen-bond acceptors (Lipinski definition) is 5. The number of esters is 1. The van der Waals surface area contributed by atoms with E-state index in [0.29, 0.717) is 17.0 Å². The summed E-state index contributed by atoms with van der Waals surface area (Å²) in [5.41, 5.74) is 6.55. The quantitative estimate of drug-likeness (QED) is 0.792. The van der Waals surface area contributed by atoms with Crippen molar-refractivity contribution in [3.63, 3.8) is 0 Å². The third-order valence-corrected chi connectivity index (χ3v) is 2.14. The van der Waals surface area contributed by atoms with Crippen LogP contribution in [0.4, 0.5) is 0 Å². The van der Waals surface area contributed by atoms with Gasteiger partial charge in [0.05, 0.1) is 18.2 Å². The van der Waals surface area contributed by atoms with Crippen molar-refractivity contribution in [2.75, 3.05) is 0 Å². The molecule has 0 fully saturated rings. The van der Waals surface area contributed by atoms with Crippen LogP contribution in [0.15, 0.2) is 18.3 Å². The average Bonchev–Trinajstić information content (AvgIpc) is 2.69. The van der Waals surface area contributed by atoms with Gasteiger partial charge in [0.1, 0.15) is 0 Å². The van der Waals surface area contributed by atoms with Crippen LogP contribution in [0.3, 0.4) is 0 Å². The molecule has 0 saturated carbocycles. The molecule has 0 bridgehead atoms. The van der Waals surface area contributed by atoms with Crippen LogP contribution in [0.2, 0.25) is 0 Å². The molecule has 0 aliphatic heterocycles. The van der Waals surface area contributed by atoms with Crippen molar-refractivity contribution in [3.8, 4) is 0 Å². The van der Waals surface area contributed by atoms with Gasteiger partial charge in [-0.1, -0.05) is 0 Å². The minimum absolute atomic E-state index is 0.145. The number of hydrogen-bond donors (Lipinski definition) is 1.